The summed E-state index contributed by atoms with van der Waals surface area (Å²) in [4.78, 5) is 35.8. The number of hydrogen-bond donors (Lipinski definition) is 5. The van der Waals surface area contributed by atoms with E-state index in [1.807, 2.05) is 0 Å². The summed E-state index contributed by atoms with van der Waals surface area (Å²) in [5, 5.41) is 1.30. The predicted octanol–water partition coefficient (Wildman–Crippen LogP) is 0.448. The highest BCUT2D eigenvalue weighted by Crippen LogP contribution is 2.61. The van der Waals surface area contributed by atoms with Crippen LogP contribution in [0.15, 0.2) is 0 Å². The summed E-state index contributed by atoms with van der Waals surface area (Å²) >= 11 is 0. The maximum Gasteiger partial charge on any atom is 0.340 e. The van der Waals surface area contributed by atoms with Gasteiger partial charge in [-0.3, -0.25) is 9.13 Å². The highest BCUT2D eigenvalue weighted by molar-refractivity contribution is 7.70. The smallest absolute Gasteiger partial charge is 0.324 e. The van der Waals surface area contributed by atoms with Crippen molar-refractivity contribution in [1.29, 1.82) is 0 Å². The van der Waals surface area contributed by atoms with Crippen molar-refractivity contribution in [3.8, 4) is 0 Å². The van der Waals surface area contributed by atoms with Gasteiger partial charge in [0.2, 0.25) is 0 Å². The van der Waals surface area contributed by atoms with Crippen LogP contribution in [0, 0.1) is 5.92 Å². The molecule has 1 aliphatic rings. The van der Waals surface area contributed by atoms with Crippen LogP contribution in [-0.4, -0.2) is 38.1 Å². The summed E-state index contributed by atoms with van der Waals surface area (Å²) in [6.07, 6.45) is 2.21. The minimum atomic E-state index is -4.75. The molecule has 0 aromatic rings. The Labute approximate surface area is 99.9 Å². The first-order valence-corrected chi connectivity index (χ1v) is 8.88. The fourth-order valence-electron chi connectivity index (χ4n) is 2.09. The molecule has 9 heteroatoms. The van der Waals surface area contributed by atoms with Gasteiger partial charge in [-0.25, -0.2) is 0 Å². The van der Waals surface area contributed by atoms with Gasteiger partial charge in [0.05, 0.1) is 0 Å². The molecule has 1 saturated heterocycles. The standard InChI is InChI=1S/C8H19NO6P2/c10-16(11,12)8(17(13,14)15)4-3-7-2-1-5-9-6-7/h7-9H,1-6H2,(H2,10,11,12)(H2,13,14,15). The van der Waals surface area contributed by atoms with E-state index in [4.69, 9.17) is 19.6 Å². The van der Waals surface area contributed by atoms with Crippen LogP contribution in [0.5, 0.6) is 0 Å². The number of hydrogen-bond acceptors (Lipinski definition) is 3. The maximum atomic E-state index is 11.0. The highest BCUT2D eigenvalue weighted by Gasteiger charge is 2.43. The summed E-state index contributed by atoms with van der Waals surface area (Å²) in [6.45, 7) is 1.67. The Bertz CT molecular complexity index is 309. The highest BCUT2D eigenvalue weighted by atomic mass is 31.2. The van der Waals surface area contributed by atoms with Gasteiger partial charge in [-0.2, -0.15) is 0 Å². The van der Waals surface area contributed by atoms with Gasteiger partial charge in [-0.1, -0.05) is 0 Å². The number of piperidine rings is 1. The second kappa shape index (κ2) is 5.93. The van der Waals surface area contributed by atoms with Crippen molar-refractivity contribution < 1.29 is 28.7 Å². The van der Waals surface area contributed by atoms with Crippen LogP contribution >= 0.6 is 15.2 Å². The molecule has 0 aromatic carbocycles. The van der Waals surface area contributed by atoms with Crippen LogP contribution in [0.2, 0.25) is 0 Å². The molecule has 1 rings (SSSR count). The lowest BCUT2D eigenvalue weighted by Crippen LogP contribution is -2.30. The quantitative estimate of drug-likeness (QED) is 0.464. The number of rotatable bonds is 5. The predicted molar refractivity (Wildman–Crippen MR) is 62.7 cm³/mol. The van der Waals surface area contributed by atoms with E-state index in [2.05, 4.69) is 5.32 Å². The average Bonchev–Trinajstić information content (AvgIpc) is 2.15. The molecule has 0 radical (unpaired) electrons. The van der Waals surface area contributed by atoms with Gasteiger partial charge in [0.25, 0.3) is 0 Å². The summed E-state index contributed by atoms with van der Waals surface area (Å²) in [6, 6.07) is 0. The van der Waals surface area contributed by atoms with E-state index in [-0.39, 0.29) is 12.3 Å². The van der Waals surface area contributed by atoms with E-state index in [0.29, 0.717) is 6.42 Å². The Morgan fingerprint density at radius 3 is 2.18 bits per heavy atom. The lowest BCUT2D eigenvalue weighted by molar-refractivity contribution is 0.316. The van der Waals surface area contributed by atoms with E-state index >= 15 is 0 Å². The molecule has 1 aliphatic heterocycles. The van der Waals surface area contributed by atoms with Crippen LogP contribution in [0.4, 0.5) is 0 Å². The molecule has 0 spiro atoms. The SMILES string of the molecule is O=P(O)(O)C(CCC1CCCNC1)P(=O)(O)O. The van der Waals surface area contributed by atoms with Crippen molar-refractivity contribution in [3.63, 3.8) is 0 Å². The molecular weight excluding hydrogens is 268 g/mol. The molecule has 17 heavy (non-hydrogen) atoms. The average molecular weight is 287 g/mol. The Balaban J connectivity index is 2.56. The molecule has 0 amide bonds. The van der Waals surface area contributed by atoms with Gasteiger partial charge in [0.15, 0.2) is 5.40 Å². The number of nitrogens with one attached hydrogen (secondary N) is 1. The molecule has 1 atom stereocenters. The zero-order valence-corrected chi connectivity index (χ0v) is 11.2. The first kappa shape index (κ1) is 15.3. The second-order valence-electron chi connectivity index (χ2n) is 4.45. The molecule has 0 saturated carbocycles. The minimum absolute atomic E-state index is 0.138. The molecule has 1 fully saturated rings. The largest absolute Gasteiger partial charge is 0.340 e. The topological polar surface area (TPSA) is 127 Å². The van der Waals surface area contributed by atoms with Gasteiger partial charge in [0, 0.05) is 0 Å². The summed E-state index contributed by atoms with van der Waals surface area (Å²) in [5.41, 5.74) is 0. The third-order valence-corrected chi connectivity index (χ3v) is 6.88. The van der Waals surface area contributed by atoms with Gasteiger partial charge in [-0.05, 0) is 44.7 Å². The molecule has 5 N–H and O–H groups in total. The fraction of sp³-hybridized carbons (Fsp3) is 1.00. The second-order valence-corrected chi connectivity index (χ2v) is 8.46. The van der Waals surface area contributed by atoms with Crippen LogP contribution in [0.1, 0.15) is 25.7 Å². The van der Waals surface area contributed by atoms with Crippen molar-refractivity contribution in [3.05, 3.63) is 0 Å². The zero-order valence-electron chi connectivity index (χ0n) is 9.40. The lowest BCUT2D eigenvalue weighted by Gasteiger charge is -2.25. The first-order valence-electron chi connectivity index (χ1n) is 5.52. The fourth-order valence-corrected chi connectivity index (χ4v) is 4.63. The third-order valence-electron chi connectivity index (χ3n) is 3.01. The third kappa shape index (κ3) is 5.18. The summed E-state index contributed by atoms with van der Waals surface area (Å²) < 4.78 is 22.1. The van der Waals surface area contributed by atoms with Crippen molar-refractivity contribution in [2.45, 2.75) is 31.1 Å². The van der Waals surface area contributed by atoms with E-state index < -0.39 is 20.6 Å². The van der Waals surface area contributed by atoms with Gasteiger partial charge in [-0.15, -0.1) is 0 Å². The molecule has 0 aromatic heterocycles. The van der Waals surface area contributed by atoms with Crippen molar-refractivity contribution in [2.24, 2.45) is 5.92 Å². The molecule has 1 heterocycles. The Kier molecular flexibility index (Phi) is 5.35. The van der Waals surface area contributed by atoms with E-state index in [9.17, 15) is 9.13 Å². The molecule has 7 nitrogen and oxygen atoms in total. The Morgan fingerprint density at radius 2 is 1.76 bits per heavy atom. The van der Waals surface area contributed by atoms with Crippen LogP contribution in [0.3, 0.4) is 0 Å². The Morgan fingerprint density at radius 1 is 1.18 bits per heavy atom. The normalized spacial score (nSPS) is 23.0. The first-order chi connectivity index (χ1) is 7.71. The minimum Gasteiger partial charge on any atom is -0.324 e. The van der Waals surface area contributed by atoms with Crippen molar-refractivity contribution in [1.82, 2.24) is 5.32 Å². The van der Waals surface area contributed by atoms with Crippen LogP contribution in [-0.2, 0) is 9.13 Å². The summed E-state index contributed by atoms with van der Waals surface area (Å²) in [7, 11) is -9.50. The van der Waals surface area contributed by atoms with Crippen LogP contribution < -0.4 is 5.32 Å². The van der Waals surface area contributed by atoms with E-state index in [0.717, 1.165) is 25.9 Å². The van der Waals surface area contributed by atoms with Crippen molar-refractivity contribution >= 4 is 15.2 Å². The van der Waals surface area contributed by atoms with Crippen molar-refractivity contribution in [2.75, 3.05) is 13.1 Å². The lowest BCUT2D eigenvalue weighted by atomic mass is 9.95. The van der Waals surface area contributed by atoms with Gasteiger partial charge in [0.1, 0.15) is 0 Å². The zero-order chi connectivity index (χ0) is 13.1. The molecule has 102 valence electrons. The van der Waals surface area contributed by atoms with Crippen LogP contribution in [0.25, 0.3) is 0 Å². The monoisotopic (exact) mass is 287 g/mol. The molecule has 0 aliphatic carbocycles. The molecular formula is C8H19NO6P2. The van der Waals surface area contributed by atoms with E-state index in [1.54, 1.807) is 0 Å². The van der Waals surface area contributed by atoms with Gasteiger partial charge < -0.3 is 24.9 Å². The Hall–Kier alpha value is 0.260. The van der Waals surface area contributed by atoms with E-state index in [1.165, 1.54) is 0 Å². The molecule has 1 unspecified atom stereocenters. The van der Waals surface area contributed by atoms with Gasteiger partial charge >= 0.3 is 15.2 Å². The summed E-state index contributed by atoms with van der Waals surface area (Å²) in [5.74, 6) is 0.240. The molecule has 0 bridgehead atoms. The maximum absolute atomic E-state index is 11.0.